The van der Waals surface area contributed by atoms with E-state index in [0.717, 1.165) is 15.6 Å². The first-order chi connectivity index (χ1) is 9.92. The molecule has 0 saturated carbocycles. The summed E-state index contributed by atoms with van der Waals surface area (Å²) in [7, 11) is 0. The third-order valence-corrected chi connectivity index (χ3v) is 3.49. The van der Waals surface area contributed by atoms with E-state index in [0.29, 0.717) is 12.1 Å². The number of aryl methyl sites for hydroxylation is 1. The molecule has 0 spiro atoms. The molecule has 1 heterocycles. The Bertz CT molecular complexity index is 566. The lowest BCUT2D eigenvalue weighted by Crippen LogP contribution is -2.16. The van der Waals surface area contributed by atoms with Gasteiger partial charge in [0, 0.05) is 17.6 Å². The van der Waals surface area contributed by atoms with Gasteiger partial charge in [-0.1, -0.05) is 24.3 Å². The predicted octanol–water partition coefficient (Wildman–Crippen LogP) is 4.14. The minimum Gasteiger partial charge on any atom is -0.367 e. The third kappa shape index (κ3) is 5.73. The molecule has 1 aromatic heterocycles. The number of anilines is 1. The Morgan fingerprint density at radius 3 is 2.43 bits per heavy atom. The first-order valence-electron chi connectivity index (χ1n) is 6.31. The Morgan fingerprint density at radius 2 is 1.86 bits per heavy atom. The number of hydrogen-bond donors (Lipinski definition) is 1. The molecule has 0 unspecified atom stereocenters. The van der Waals surface area contributed by atoms with E-state index in [4.69, 9.17) is 0 Å². The van der Waals surface area contributed by atoms with Crippen molar-refractivity contribution >= 4 is 16.5 Å². The van der Waals surface area contributed by atoms with Crippen LogP contribution in [-0.2, 0) is 17.9 Å². The molecule has 0 aliphatic carbocycles. The summed E-state index contributed by atoms with van der Waals surface area (Å²) in [4.78, 5) is 5.33. The normalized spacial score (nSPS) is 11.6. The number of benzene rings is 1. The second-order valence-corrected chi connectivity index (χ2v) is 5.79. The SMILES string of the molecule is Cc1cnc(NCc2ccc(COCC(F)(F)F)cc2)s1. The van der Waals surface area contributed by atoms with E-state index in [1.54, 1.807) is 29.7 Å². The number of hydrogen-bond acceptors (Lipinski definition) is 4. The van der Waals surface area contributed by atoms with Crippen molar-refractivity contribution in [1.29, 1.82) is 0 Å². The molecule has 0 amide bonds. The summed E-state index contributed by atoms with van der Waals surface area (Å²) in [6.07, 6.45) is -2.48. The molecule has 0 atom stereocenters. The number of ether oxygens (including phenoxy) is 1. The minimum atomic E-state index is -4.28. The van der Waals surface area contributed by atoms with Gasteiger partial charge in [-0.25, -0.2) is 4.98 Å². The van der Waals surface area contributed by atoms with Crippen LogP contribution in [0.25, 0.3) is 0 Å². The summed E-state index contributed by atoms with van der Waals surface area (Å²) >= 11 is 1.57. The molecular formula is C14H15F3N2OS. The van der Waals surface area contributed by atoms with Gasteiger partial charge in [0.15, 0.2) is 5.13 Å². The van der Waals surface area contributed by atoms with Crippen LogP contribution in [0.1, 0.15) is 16.0 Å². The molecule has 1 aromatic carbocycles. The van der Waals surface area contributed by atoms with E-state index in [-0.39, 0.29) is 6.61 Å². The molecule has 0 aliphatic rings. The van der Waals surface area contributed by atoms with Gasteiger partial charge in [-0.05, 0) is 18.1 Å². The molecular weight excluding hydrogens is 301 g/mol. The largest absolute Gasteiger partial charge is 0.411 e. The van der Waals surface area contributed by atoms with Crippen LogP contribution in [0.15, 0.2) is 30.5 Å². The summed E-state index contributed by atoms with van der Waals surface area (Å²) in [6, 6.07) is 7.25. The number of thiazole rings is 1. The number of nitrogens with one attached hydrogen (secondary N) is 1. The lowest BCUT2D eigenvalue weighted by atomic mass is 10.1. The lowest BCUT2D eigenvalue weighted by Gasteiger charge is -2.08. The zero-order valence-corrected chi connectivity index (χ0v) is 12.2. The predicted molar refractivity (Wildman–Crippen MR) is 76.3 cm³/mol. The van der Waals surface area contributed by atoms with Crippen molar-refractivity contribution in [2.24, 2.45) is 0 Å². The molecule has 1 N–H and O–H groups in total. The zero-order valence-electron chi connectivity index (χ0n) is 11.4. The van der Waals surface area contributed by atoms with Crippen LogP contribution >= 0.6 is 11.3 Å². The van der Waals surface area contributed by atoms with Gasteiger partial charge in [0.1, 0.15) is 6.61 Å². The zero-order chi connectivity index (χ0) is 15.3. The van der Waals surface area contributed by atoms with Crippen molar-refractivity contribution in [1.82, 2.24) is 4.98 Å². The van der Waals surface area contributed by atoms with E-state index in [9.17, 15) is 13.2 Å². The molecule has 114 valence electrons. The standard InChI is InChI=1S/C14H15F3N2OS/c1-10-6-18-13(21-10)19-7-11-2-4-12(5-3-11)8-20-9-14(15,16)17/h2-6H,7-9H2,1H3,(H,18,19). The Hall–Kier alpha value is -1.60. The first kappa shape index (κ1) is 15.8. The molecule has 3 nitrogen and oxygen atoms in total. The van der Waals surface area contributed by atoms with E-state index in [1.165, 1.54) is 0 Å². The first-order valence-corrected chi connectivity index (χ1v) is 7.13. The fourth-order valence-electron chi connectivity index (χ4n) is 1.65. The lowest BCUT2D eigenvalue weighted by molar-refractivity contribution is -0.176. The Kier molecular flexibility index (Phi) is 5.19. The highest BCUT2D eigenvalue weighted by Crippen LogP contribution is 2.18. The van der Waals surface area contributed by atoms with Gasteiger partial charge in [0.25, 0.3) is 0 Å². The van der Waals surface area contributed by atoms with Crippen molar-refractivity contribution in [2.75, 3.05) is 11.9 Å². The Balaban J connectivity index is 1.79. The molecule has 0 bridgehead atoms. The maximum Gasteiger partial charge on any atom is 0.411 e. The maximum atomic E-state index is 11.9. The Labute approximate surface area is 124 Å². The van der Waals surface area contributed by atoms with Crippen LogP contribution in [0.3, 0.4) is 0 Å². The average Bonchev–Trinajstić information content (AvgIpc) is 2.82. The fraction of sp³-hybridized carbons (Fsp3) is 0.357. The molecule has 2 aromatic rings. The van der Waals surface area contributed by atoms with Crippen LogP contribution in [0.4, 0.5) is 18.3 Å². The van der Waals surface area contributed by atoms with Crippen LogP contribution in [-0.4, -0.2) is 17.8 Å². The molecule has 21 heavy (non-hydrogen) atoms. The monoisotopic (exact) mass is 316 g/mol. The minimum absolute atomic E-state index is 0.0428. The second kappa shape index (κ2) is 6.91. The number of alkyl halides is 3. The van der Waals surface area contributed by atoms with Crippen LogP contribution in [0.2, 0.25) is 0 Å². The molecule has 0 saturated heterocycles. The van der Waals surface area contributed by atoms with E-state index < -0.39 is 12.8 Å². The Morgan fingerprint density at radius 1 is 1.19 bits per heavy atom. The second-order valence-electron chi connectivity index (χ2n) is 4.55. The van der Waals surface area contributed by atoms with Crippen LogP contribution in [0, 0.1) is 6.92 Å². The highest BCUT2D eigenvalue weighted by molar-refractivity contribution is 7.15. The van der Waals surface area contributed by atoms with Crippen LogP contribution < -0.4 is 5.32 Å². The number of aromatic nitrogens is 1. The van der Waals surface area contributed by atoms with Gasteiger partial charge in [0.05, 0.1) is 6.61 Å². The van der Waals surface area contributed by atoms with E-state index >= 15 is 0 Å². The van der Waals surface area contributed by atoms with E-state index in [2.05, 4.69) is 15.0 Å². The summed E-state index contributed by atoms with van der Waals surface area (Å²) in [5, 5.41) is 4.04. The highest BCUT2D eigenvalue weighted by atomic mass is 32.1. The summed E-state index contributed by atoms with van der Waals surface area (Å²) < 4.78 is 40.4. The van der Waals surface area contributed by atoms with Gasteiger partial charge in [-0.2, -0.15) is 13.2 Å². The van der Waals surface area contributed by atoms with Crippen molar-refractivity contribution in [3.05, 3.63) is 46.5 Å². The van der Waals surface area contributed by atoms with Crippen molar-refractivity contribution in [2.45, 2.75) is 26.3 Å². The van der Waals surface area contributed by atoms with Crippen molar-refractivity contribution in [3.63, 3.8) is 0 Å². The molecule has 0 aliphatic heterocycles. The smallest absolute Gasteiger partial charge is 0.367 e. The molecule has 7 heteroatoms. The van der Waals surface area contributed by atoms with Gasteiger partial charge < -0.3 is 10.1 Å². The summed E-state index contributed by atoms with van der Waals surface area (Å²) in [5.41, 5.74) is 1.75. The number of rotatable bonds is 6. The molecule has 0 fully saturated rings. The van der Waals surface area contributed by atoms with Gasteiger partial charge in [0.2, 0.25) is 0 Å². The topological polar surface area (TPSA) is 34.2 Å². The average molecular weight is 316 g/mol. The third-order valence-electron chi connectivity index (χ3n) is 2.62. The molecule has 2 rings (SSSR count). The quantitative estimate of drug-likeness (QED) is 0.869. The van der Waals surface area contributed by atoms with Crippen LogP contribution in [0.5, 0.6) is 0 Å². The summed E-state index contributed by atoms with van der Waals surface area (Å²) in [6.45, 7) is 1.34. The summed E-state index contributed by atoms with van der Waals surface area (Å²) in [5.74, 6) is 0. The number of halogens is 3. The fourth-order valence-corrected chi connectivity index (χ4v) is 2.31. The van der Waals surface area contributed by atoms with Crippen molar-refractivity contribution in [3.8, 4) is 0 Å². The highest BCUT2D eigenvalue weighted by Gasteiger charge is 2.27. The molecule has 0 radical (unpaired) electrons. The maximum absolute atomic E-state index is 11.9. The van der Waals surface area contributed by atoms with E-state index in [1.807, 2.05) is 19.1 Å². The number of nitrogens with zero attached hydrogens (tertiary/aromatic N) is 1. The van der Waals surface area contributed by atoms with Crippen molar-refractivity contribution < 1.29 is 17.9 Å². The van der Waals surface area contributed by atoms with Gasteiger partial charge in [-0.15, -0.1) is 11.3 Å². The van der Waals surface area contributed by atoms with Gasteiger partial charge in [-0.3, -0.25) is 0 Å². The van der Waals surface area contributed by atoms with Gasteiger partial charge >= 0.3 is 6.18 Å².